The number of nitrogens with zero attached hydrogens (tertiary/aromatic N) is 1. The second-order valence-corrected chi connectivity index (χ2v) is 6.80. The summed E-state index contributed by atoms with van der Waals surface area (Å²) in [5.74, 6) is 1.53. The number of benzene rings is 2. The zero-order chi connectivity index (χ0) is 19.2. The molecule has 1 saturated heterocycles. The largest absolute Gasteiger partial charge is 0.497 e. The lowest BCUT2D eigenvalue weighted by molar-refractivity contribution is -0.134. The summed E-state index contributed by atoms with van der Waals surface area (Å²) in [4.78, 5) is 26.8. The molecule has 0 aliphatic carbocycles. The van der Waals surface area contributed by atoms with Gasteiger partial charge >= 0.3 is 0 Å². The fourth-order valence-corrected chi connectivity index (χ4v) is 3.33. The lowest BCUT2D eigenvalue weighted by Crippen LogP contribution is -2.42. The third-order valence-electron chi connectivity index (χ3n) is 5.04. The Hall–Kier alpha value is -2.82. The van der Waals surface area contributed by atoms with Gasteiger partial charge in [-0.05, 0) is 55.7 Å². The van der Waals surface area contributed by atoms with E-state index >= 15 is 0 Å². The summed E-state index contributed by atoms with van der Waals surface area (Å²) in [6, 6.07) is 14.9. The first kappa shape index (κ1) is 19.0. The van der Waals surface area contributed by atoms with Gasteiger partial charge in [0.25, 0.3) is 5.91 Å². The molecule has 2 aromatic carbocycles. The molecule has 1 fully saturated rings. The maximum atomic E-state index is 12.7. The molecule has 0 atom stereocenters. The average molecular weight is 367 g/mol. The number of hydrogen-bond acceptors (Lipinski definition) is 4. The summed E-state index contributed by atoms with van der Waals surface area (Å²) in [7, 11) is 1.60. The lowest BCUT2D eigenvalue weighted by atomic mass is 9.89. The van der Waals surface area contributed by atoms with Crippen LogP contribution in [-0.2, 0) is 4.79 Å². The van der Waals surface area contributed by atoms with Crippen LogP contribution >= 0.6 is 0 Å². The first-order chi connectivity index (χ1) is 13.1. The Kier molecular flexibility index (Phi) is 6.12. The maximum absolute atomic E-state index is 12.7. The molecule has 0 unspecified atom stereocenters. The molecule has 5 nitrogen and oxygen atoms in total. The van der Waals surface area contributed by atoms with Crippen molar-refractivity contribution >= 4 is 11.7 Å². The minimum absolute atomic E-state index is 0.0297. The number of aryl methyl sites for hydroxylation is 1. The number of likely N-dealkylation sites (tertiary alicyclic amines) is 1. The van der Waals surface area contributed by atoms with Crippen LogP contribution in [0.2, 0.25) is 0 Å². The third kappa shape index (κ3) is 4.67. The summed E-state index contributed by atoms with van der Waals surface area (Å²) < 4.78 is 10.8. The van der Waals surface area contributed by atoms with Gasteiger partial charge in [0.2, 0.25) is 0 Å². The Morgan fingerprint density at radius 3 is 2.33 bits per heavy atom. The Labute approximate surface area is 159 Å². The predicted octanol–water partition coefficient (Wildman–Crippen LogP) is 3.50. The summed E-state index contributed by atoms with van der Waals surface area (Å²) in [6.45, 7) is 3.16. The molecule has 0 bridgehead atoms. The maximum Gasteiger partial charge on any atom is 0.260 e. The van der Waals surface area contributed by atoms with E-state index in [4.69, 9.17) is 9.47 Å². The van der Waals surface area contributed by atoms with Crippen LogP contribution in [0.3, 0.4) is 0 Å². The van der Waals surface area contributed by atoms with Crippen molar-refractivity contribution in [3.8, 4) is 11.5 Å². The fourth-order valence-electron chi connectivity index (χ4n) is 3.33. The molecule has 0 spiro atoms. The molecule has 0 aromatic heterocycles. The Balaban J connectivity index is 1.49. The van der Waals surface area contributed by atoms with Crippen molar-refractivity contribution in [3.63, 3.8) is 0 Å². The van der Waals surface area contributed by atoms with Crippen molar-refractivity contribution in [1.29, 1.82) is 0 Å². The van der Waals surface area contributed by atoms with Crippen molar-refractivity contribution in [3.05, 3.63) is 59.7 Å². The molecule has 5 heteroatoms. The quantitative estimate of drug-likeness (QED) is 0.733. The van der Waals surface area contributed by atoms with Crippen LogP contribution in [0.1, 0.15) is 28.8 Å². The number of ether oxygens (including phenoxy) is 2. The zero-order valence-electron chi connectivity index (χ0n) is 15.8. The van der Waals surface area contributed by atoms with Gasteiger partial charge in [0.15, 0.2) is 12.4 Å². The molecule has 3 rings (SSSR count). The second kappa shape index (κ2) is 8.71. The molecule has 1 aliphatic heterocycles. The number of rotatable bonds is 6. The van der Waals surface area contributed by atoms with E-state index in [0.717, 1.165) is 17.1 Å². The van der Waals surface area contributed by atoms with Gasteiger partial charge in [-0.25, -0.2) is 0 Å². The van der Waals surface area contributed by atoms with Crippen LogP contribution in [0.15, 0.2) is 48.5 Å². The topological polar surface area (TPSA) is 55.8 Å². The summed E-state index contributed by atoms with van der Waals surface area (Å²) in [6.07, 6.45) is 1.36. The number of para-hydroxylation sites is 1. The van der Waals surface area contributed by atoms with Gasteiger partial charge < -0.3 is 14.4 Å². The molecular formula is C22H25NO4. The second-order valence-electron chi connectivity index (χ2n) is 6.80. The molecule has 1 aliphatic rings. The SMILES string of the molecule is COc1ccc(C(=O)C2CCN(C(=O)COc3ccccc3C)CC2)cc1. The number of carbonyl (C=O) groups is 2. The van der Waals surface area contributed by atoms with Gasteiger partial charge in [0.1, 0.15) is 11.5 Å². The predicted molar refractivity (Wildman–Crippen MR) is 103 cm³/mol. The van der Waals surface area contributed by atoms with E-state index in [1.807, 2.05) is 31.2 Å². The molecule has 1 heterocycles. The fraction of sp³-hybridized carbons (Fsp3) is 0.364. The number of carbonyl (C=O) groups excluding carboxylic acids is 2. The van der Waals surface area contributed by atoms with Gasteiger partial charge in [0, 0.05) is 24.6 Å². The first-order valence-electron chi connectivity index (χ1n) is 9.23. The number of Topliss-reactive ketones (excluding diaryl/α,β-unsaturated/α-hetero) is 1. The smallest absolute Gasteiger partial charge is 0.260 e. The molecule has 0 N–H and O–H groups in total. The van der Waals surface area contributed by atoms with Crippen LogP contribution in [0.4, 0.5) is 0 Å². The Bertz CT molecular complexity index is 792. The number of piperidine rings is 1. The highest BCUT2D eigenvalue weighted by Crippen LogP contribution is 2.23. The Morgan fingerprint density at radius 2 is 1.70 bits per heavy atom. The van der Waals surface area contributed by atoms with E-state index in [9.17, 15) is 9.59 Å². The average Bonchev–Trinajstić information content (AvgIpc) is 2.72. The highest BCUT2D eigenvalue weighted by atomic mass is 16.5. The highest BCUT2D eigenvalue weighted by Gasteiger charge is 2.28. The van der Waals surface area contributed by atoms with Gasteiger partial charge in [-0.3, -0.25) is 9.59 Å². The molecular weight excluding hydrogens is 342 g/mol. The standard InChI is InChI=1S/C22H25NO4/c1-16-5-3-4-6-20(16)27-15-21(24)23-13-11-18(12-14-23)22(25)17-7-9-19(26-2)10-8-17/h3-10,18H,11-15H2,1-2H3. The normalized spacial score (nSPS) is 14.7. The number of hydrogen-bond donors (Lipinski definition) is 0. The summed E-state index contributed by atoms with van der Waals surface area (Å²) in [5, 5.41) is 0. The van der Waals surface area contributed by atoms with Crippen molar-refractivity contribution in [1.82, 2.24) is 4.90 Å². The van der Waals surface area contributed by atoms with E-state index < -0.39 is 0 Å². The van der Waals surface area contributed by atoms with Crippen molar-refractivity contribution < 1.29 is 19.1 Å². The third-order valence-corrected chi connectivity index (χ3v) is 5.04. The van der Waals surface area contributed by atoms with Gasteiger partial charge in [-0.2, -0.15) is 0 Å². The number of methoxy groups -OCH3 is 1. The minimum atomic E-state index is -0.0419. The molecule has 27 heavy (non-hydrogen) atoms. The molecule has 2 aromatic rings. The number of ketones is 1. The van der Waals surface area contributed by atoms with E-state index in [0.29, 0.717) is 31.5 Å². The van der Waals surface area contributed by atoms with Crippen molar-refractivity contribution in [2.24, 2.45) is 5.92 Å². The van der Waals surface area contributed by atoms with Crippen LogP contribution in [-0.4, -0.2) is 43.4 Å². The van der Waals surface area contributed by atoms with E-state index in [-0.39, 0.29) is 24.2 Å². The van der Waals surface area contributed by atoms with Gasteiger partial charge in [0.05, 0.1) is 7.11 Å². The van der Waals surface area contributed by atoms with E-state index in [2.05, 4.69) is 0 Å². The van der Waals surface area contributed by atoms with Gasteiger partial charge in [-0.15, -0.1) is 0 Å². The summed E-state index contributed by atoms with van der Waals surface area (Å²) in [5.41, 5.74) is 1.71. The van der Waals surface area contributed by atoms with Crippen LogP contribution in [0, 0.1) is 12.8 Å². The van der Waals surface area contributed by atoms with Crippen molar-refractivity contribution in [2.45, 2.75) is 19.8 Å². The minimum Gasteiger partial charge on any atom is -0.497 e. The first-order valence-corrected chi connectivity index (χ1v) is 9.23. The van der Waals surface area contributed by atoms with E-state index in [1.54, 1.807) is 36.3 Å². The van der Waals surface area contributed by atoms with E-state index in [1.165, 1.54) is 0 Å². The van der Waals surface area contributed by atoms with Crippen LogP contribution in [0.25, 0.3) is 0 Å². The molecule has 0 saturated carbocycles. The number of amides is 1. The zero-order valence-corrected chi connectivity index (χ0v) is 15.8. The lowest BCUT2D eigenvalue weighted by Gasteiger charge is -2.31. The molecule has 0 radical (unpaired) electrons. The van der Waals surface area contributed by atoms with Gasteiger partial charge in [-0.1, -0.05) is 18.2 Å². The monoisotopic (exact) mass is 367 g/mol. The molecule has 1 amide bonds. The van der Waals surface area contributed by atoms with Crippen molar-refractivity contribution in [2.75, 3.05) is 26.8 Å². The van der Waals surface area contributed by atoms with Crippen LogP contribution in [0.5, 0.6) is 11.5 Å². The molecule has 142 valence electrons. The highest BCUT2D eigenvalue weighted by molar-refractivity contribution is 5.98. The summed E-state index contributed by atoms with van der Waals surface area (Å²) >= 11 is 0. The van der Waals surface area contributed by atoms with Crippen LogP contribution < -0.4 is 9.47 Å². The Morgan fingerprint density at radius 1 is 1.04 bits per heavy atom.